The van der Waals surface area contributed by atoms with E-state index in [1.165, 1.54) is 11.0 Å². The first-order chi connectivity index (χ1) is 10.8. The molecular formula is C16H15N5O. The summed E-state index contributed by atoms with van der Waals surface area (Å²) in [4.78, 5) is 12.6. The van der Waals surface area contributed by atoms with Crippen molar-refractivity contribution in [2.24, 2.45) is 0 Å². The van der Waals surface area contributed by atoms with E-state index in [1.807, 2.05) is 60.7 Å². The van der Waals surface area contributed by atoms with Crippen molar-refractivity contribution in [3.8, 4) is 0 Å². The van der Waals surface area contributed by atoms with Gasteiger partial charge in [0, 0.05) is 12.1 Å². The van der Waals surface area contributed by atoms with Gasteiger partial charge < -0.3 is 5.32 Å². The molecule has 1 aromatic heterocycles. The summed E-state index contributed by atoms with van der Waals surface area (Å²) in [6.45, 7) is 0. The molecule has 0 radical (unpaired) electrons. The Morgan fingerprint density at radius 3 is 2.36 bits per heavy atom. The molecule has 22 heavy (non-hydrogen) atoms. The van der Waals surface area contributed by atoms with Gasteiger partial charge >= 0.3 is 0 Å². The van der Waals surface area contributed by atoms with E-state index in [9.17, 15) is 4.79 Å². The van der Waals surface area contributed by atoms with Gasteiger partial charge in [-0.2, -0.15) is 0 Å². The number of rotatable bonds is 5. The lowest BCUT2D eigenvalue weighted by molar-refractivity contribution is -0.119. The first-order valence-electron chi connectivity index (χ1n) is 6.95. The van der Waals surface area contributed by atoms with Gasteiger partial charge in [0.05, 0.1) is 0 Å². The molecule has 110 valence electrons. The average molecular weight is 293 g/mol. The van der Waals surface area contributed by atoms with Crippen molar-refractivity contribution in [2.75, 3.05) is 5.32 Å². The van der Waals surface area contributed by atoms with Crippen molar-refractivity contribution in [3.63, 3.8) is 0 Å². The summed E-state index contributed by atoms with van der Waals surface area (Å²) in [7, 11) is 0. The smallest absolute Gasteiger partial charge is 0.249 e. The highest BCUT2D eigenvalue weighted by Crippen LogP contribution is 2.16. The Labute approximate surface area is 127 Å². The fourth-order valence-electron chi connectivity index (χ4n) is 2.20. The van der Waals surface area contributed by atoms with Crippen LogP contribution in [-0.4, -0.2) is 26.1 Å². The Morgan fingerprint density at radius 1 is 1.05 bits per heavy atom. The van der Waals surface area contributed by atoms with Crippen molar-refractivity contribution >= 4 is 11.6 Å². The Bertz CT molecular complexity index is 713. The molecule has 6 heteroatoms. The molecule has 0 spiro atoms. The van der Waals surface area contributed by atoms with Crippen LogP contribution in [0.4, 0.5) is 5.69 Å². The average Bonchev–Trinajstić information content (AvgIpc) is 3.08. The van der Waals surface area contributed by atoms with Gasteiger partial charge in [0.2, 0.25) is 5.91 Å². The summed E-state index contributed by atoms with van der Waals surface area (Å²) >= 11 is 0. The van der Waals surface area contributed by atoms with Crippen LogP contribution in [0.15, 0.2) is 67.0 Å². The van der Waals surface area contributed by atoms with Gasteiger partial charge in [-0.05, 0) is 28.1 Å². The third-order valence-electron chi connectivity index (χ3n) is 3.30. The first kappa shape index (κ1) is 13.9. The molecule has 1 amide bonds. The van der Waals surface area contributed by atoms with E-state index in [-0.39, 0.29) is 5.91 Å². The Hall–Kier alpha value is -3.02. The fraction of sp³-hybridized carbons (Fsp3) is 0.125. The molecule has 0 aliphatic rings. The molecule has 0 aliphatic heterocycles. The Morgan fingerprint density at radius 2 is 1.73 bits per heavy atom. The van der Waals surface area contributed by atoms with Crippen LogP contribution in [0, 0.1) is 0 Å². The van der Waals surface area contributed by atoms with Crippen LogP contribution in [0.1, 0.15) is 11.6 Å². The summed E-state index contributed by atoms with van der Waals surface area (Å²) in [5.74, 6) is -0.151. The topological polar surface area (TPSA) is 72.7 Å². The number of para-hydroxylation sites is 1. The molecule has 0 aliphatic carbocycles. The number of hydrogen-bond acceptors (Lipinski definition) is 4. The number of nitrogens with zero attached hydrogens (tertiary/aromatic N) is 4. The van der Waals surface area contributed by atoms with E-state index in [2.05, 4.69) is 20.8 Å². The molecule has 1 N–H and O–H groups in total. The monoisotopic (exact) mass is 293 g/mol. The molecule has 0 bridgehead atoms. The van der Waals surface area contributed by atoms with Gasteiger partial charge in [0.15, 0.2) is 0 Å². The van der Waals surface area contributed by atoms with Crippen molar-refractivity contribution in [1.29, 1.82) is 0 Å². The van der Waals surface area contributed by atoms with Crippen molar-refractivity contribution in [1.82, 2.24) is 20.2 Å². The standard InChI is InChI=1S/C16H15N5O/c22-16(18-14-9-5-2-6-10-14)15(21-12-17-19-20-21)11-13-7-3-1-4-8-13/h1-10,12,15H,11H2,(H,18,22)/t15-/m0/s1. The molecule has 6 nitrogen and oxygen atoms in total. The van der Waals surface area contributed by atoms with E-state index in [1.54, 1.807) is 0 Å². The fourth-order valence-corrected chi connectivity index (χ4v) is 2.20. The quantitative estimate of drug-likeness (QED) is 0.782. The lowest BCUT2D eigenvalue weighted by Crippen LogP contribution is -2.28. The number of benzene rings is 2. The van der Waals surface area contributed by atoms with Crippen LogP contribution < -0.4 is 5.32 Å². The second-order valence-electron chi connectivity index (χ2n) is 4.85. The van der Waals surface area contributed by atoms with E-state index in [4.69, 9.17) is 0 Å². The summed E-state index contributed by atoms with van der Waals surface area (Å²) in [5.41, 5.74) is 1.80. The van der Waals surface area contributed by atoms with Gasteiger partial charge in [0.25, 0.3) is 0 Å². The second-order valence-corrected chi connectivity index (χ2v) is 4.85. The third-order valence-corrected chi connectivity index (χ3v) is 3.30. The minimum atomic E-state index is -0.502. The van der Waals surface area contributed by atoms with E-state index < -0.39 is 6.04 Å². The maximum atomic E-state index is 12.6. The van der Waals surface area contributed by atoms with Gasteiger partial charge in [-0.1, -0.05) is 48.5 Å². The molecule has 0 fully saturated rings. The summed E-state index contributed by atoms with van der Waals surface area (Å²) < 4.78 is 1.48. The molecule has 3 rings (SSSR count). The number of nitrogens with one attached hydrogen (secondary N) is 1. The predicted molar refractivity (Wildman–Crippen MR) is 82.1 cm³/mol. The van der Waals surface area contributed by atoms with E-state index >= 15 is 0 Å². The Kier molecular flexibility index (Phi) is 4.20. The highest BCUT2D eigenvalue weighted by Gasteiger charge is 2.22. The highest BCUT2D eigenvalue weighted by molar-refractivity contribution is 5.93. The second kappa shape index (κ2) is 6.62. The van der Waals surface area contributed by atoms with Crippen molar-refractivity contribution < 1.29 is 4.79 Å². The summed E-state index contributed by atoms with van der Waals surface area (Å²) in [5, 5.41) is 14.0. The van der Waals surface area contributed by atoms with Crippen molar-refractivity contribution in [3.05, 3.63) is 72.6 Å². The normalized spacial score (nSPS) is 11.8. The molecule has 3 aromatic rings. The minimum Gasteiger partial charge on any atom is -0.324 e. The summed E-state index contributed by atoms with van der Waals surface area (Å²) in [6, 6.07) is 18.6. The number of anilines is 1. The van der Waals surface area contributed by atoms with Crippen LogP contribution in [0.5, 0.6) is 0 Å². The third kappa shape index (κ3) is 3.35. The lowest BCUT2D eigenvalue weighted by atomic mass is 10.1. The van der Waals surface area contributed by atoms with Crippen LogP contribution in [0.3, 0.4) is 0 Å². The van der Waals surface area contributed by atoms with E-state index in [0.717, 1.165) is 11.3 Å². The molecule has 1 atom stereocenters. The van der Waals surface area contributed by atoms with E-state index in [0.29, 0.717) is 6.42 Å². The molecule has 1 heterocycles. The largest absolute Gasteiger partial charge is 0.324 e. The zero-order chi connectivity index (χ0) is 15.2. The molecule has 0 saturated heterocycles. The molecule has 0 unspecified atom stereocenters. The van der Waals surface area contributed by atoms with Crippen LogP contribution >= 0.6 is 0 Å². The van der Waals surface area contributed by atoms with Gasteiger partial charge in [0.1, 0.15) is 12.4 Å². The lowest BCUT2D eigenvalue weighted by Gasteiger charge is -2.16. The zero-order valence-corrected chi connectivity index (χ0v) is 11.8. The number of carbonyl (C=O) groups is 1. The number of hydrogen-bond donors (Lipinski definition) is 1. The maximum absolute atomic E-state index is 12.6. The van der Waals surface area contributed by atoms with Crippen LogP contribution in [-0.2, 0) is 11.2 Å². The van der Waals surface area contributed by atoms with Crippen molar-refractivity contribution in [2.45, 2.75) is 12.5 Å². The number of aromatic nitrogens is 4. The minimum absolute atomic E-state index is 0.151. The molecule has 2 aromatic carbocycles. The summed E-state index contributed by atoms with van der Waals surface area (Å²) in [6.07, 6.45) is 1.97. The first-order valence-corrected chi connectivity index (χ1v) is 6.95. The number of amides is 1. The van der Waals surface area contributed by atoms with Gasteiger partial charge in [-0.25, -0.2) is 4.68 Å². The number of tetrazole rings is 1. The predicted octanol–water partition coefficient (Wildman–Crippen LogP) is 2.10. The van der Waals surface area contributed by atoms with Gasteiger partial charge in [-0.15, -0.1) is 5.10 Å². The SMILES string of the molecule is O=C(Nc1ccccc1)[C@H](Cc1ccccc1)n1cnnn1. The highest BCUT2D eigenvalue weighted by atomic mass is 16.2. The van der Waals surface area contributed by atoms with Crippen LogP contribution in [0.2, 0.25) is 0 Å². The molecule has 0 saturated carbocycles. The number of carbonyl (C=O) groups excluding carboxylic acids is 1. The molecular weight excluding hydrogens is 278 g/mol. The maximum Gasteiger partial charge on any atom is 0.249 e. The van der Waals surface area contributed by atoms with Gasteiger partial charge in [-0.3, -0.25) is 4.79 Å². The Balaban J connectivity index is 1.81. The van der Waals surface area contributed by atoms with Crippen LogP contribution in [0.25, 0.3) is 0 Å². The zero-order valence-electron chi connectivity index (χ0n) is 11.8.